The van der Waals surface area contributed by atoms with Crippen LogP contribution in [0.15, 0.2) is 42.5 Å². The second-order valence-corrected chi connectivity index (χ2v) is 9.37. The first-order valence-electron chi connectivity index (χ1n) is 11.2. The molecular formula is C26H31NO5. The number of amides is 1. The number of ketones is 1. The van der Waals surface area contributed by atoms with Crippen molar-refractivity contribution in [1.82, 2.24) is 4.90 Å². The number of Topliss-reactive ketones (excluding diaryl/α,β-unsaturated/α-hetero) is 1. The lowest BCUT2D eigenvalue weighted by molar-refractivity contribution is -0.0728. The van der Waals surface area contributed by atoms with Crippen molar-refractivity contribution in [3.8, 4) is 17.2 Å². The number of carbonyl (C=O) groups excluding carboxylic acids is 2. The Morgan fingerprint density at radius 3 is 2.41 bits per heavy atom. The zero-order chi connectivity index (χ0) is 23.1. The number of rotatable bonds is 4. The molecule has 1 saturated heterocycles. The summed E-state index contributed by atoms with van der Waals surface area (Å²) in [6.07, 6.45) is 1.20. The highest BCUT2D eigenvalue weighted by atomic mass is 16.5. The highest BCUT2D eigenvalue weighted by Crippen LogP contribution is 2.50. The summed E-state index contributed by atoms with van der Waals surface area (Å²) < 4.78 is 17.7. The number of hydrogen-bond acceptors (Lipinski definition) is 5. The van der Waals surface area contributed by atoms with Crippen molar-refractivity contribution in [3.05, 3.63) is 53.6 Å². The molecule has 6 nitrogen and oxygen atoms in total. The monoisotopic (exact) mass is 437 g/mol. The van der Waals surface area contributed by atoms with Crippen LogP contribution in [0.4, 0.5) is 0 Å². The van der Waals surface area contributed by atoms with Crippen LogP contribution in [0.1, 0.15) is 61.3 Å². The van der Waals surface area contributed by atoms with Gasteiger partial charge >= 0.3 is 0 Å². The van der Waals surface area contributed by atoms with E-state index in [-0.39, 0.29) is 17.8 Å². The predicted octanol–water partition coefficient (Wildman–Crippen LogP) is 4.76. The first-order valence-corrected chi connectivity index (χ1v) is 11.2. The Kier molecular flexibility index (Phi) is 5.65. The number of hydrogen-bond donors (Lipinski definition) is 0. The molecule has 32 heavy (non-hydrogen) atoms. The standard InChI is InChI=1S/C26H31NO5/c1-17(2)31-21-11-10-18(16-22(21)30-5)24(29)27-14-12-26(13-15-27)25(3,4)23(28)19-8-6-7-9-20(19)32-26/h6-11,16-17H,12-15H2,1-5H3. The molecule has 0 unspecified atom stereocenters. The molecule has 1 amide bonds. The molecule has 6 heteroatoms. The molecular weight excluding hydrogens is 406 g/mol. The lowest BCUT2D eigenvalue weighted by atomic mass is 9.64. The maximum Gasteiger partial charge on any atom is 0.253 e. The molecule has 2 aromatic carbocycles. The van der Waals surface area contributed by atoms with Crippen molar-refractivity contribution < 1.29 is 23.8 Å². The van der Waals surface area contributed by atoms with Crippen LogP contribution in [0.2, 0.25) is 0 Å². The summed E-state index contributed by atoms with van der Waals surface area (Å²) in [6.45, 7) is 8.84. The zero-order valence-electron chi connectivity index (χ0n) is 19.4. The van der Waals surface area contributed by atoms with Crippen molar-refractivity contribution in [3.63, 3.8) is 0 Å². The van der Waals surface area contributed by atoms with Gasteiger partial charge < -0.3 is 19.1 Å². The summed E-state index contributed by atoms with van der Waals surface area (Å²) in [4.78, 5) is 28.3. The van der Waals surface area contributed by atoms with Gasteiger partial charge in [0.25, 0.3) is 5.91 Å². The molecule has 0 radical (unpaired) electrons. The van der Waals surface area contributed by atoms with Crippen molar-refractivity contribution >= 4 is 11.7 Å². The maximum absolute atomic E-state index is 13.2. The van der Waals surface area contributed by atoms with E-state index in [0.29, 0.717) is 54.3 Å². The molecule has 2 aromatic rings. The Hall–Kier alpha value is -3.02. The van der Waals surface area contributed by atoms with Gasteiger partial charge in [-0.25, -0.2) is 0 Å². The van der Waals surface area contributed by atoms with Crippen LogP contribution in [-0.4, -0.2) is 48.5 Å². The number of fused-ring (bicyclic) bond motifs is 1. The van der Waals surface area contributed by atoms with Crippen LogP contribution in [0.25, 0.3) is 0 Å². The van der Waals surface area contributed by atoms with Gasteiger partial charge in [0.05, 0.1) is 24.2 Å². The van der Waals surface area contributed by atoms with Crippen LogP contribution < -0.4 is 14.2 Å². The van der Waals surface area contributed by atoms with Crippen LogP contribution in [0.5, 0.6) is 17.2 Å². The van der Waals surface area contributed by atoms with Gasteiger partial charge in [0.1, 0.15) is 11.4 Å². The molecule has 0 N–H and O–H groups in total. The molecule has 170 valence electrons. The number of piperidine rings is 1. The second-order valence-electron chi connectivity index (χ2n) is 9.37. The Balaban J connectivity index is 1.53. The number of methoxy groups -OCH3 is 1. The van der Waals surface area contributed by atoms with Gasteiger partial charge in [0.15, 0.2) is 17.3 Å². The van der Waals surface area contributed by atoms with E-state index in [1.54, 1.807) is 25.3 Å². The quantitative estimate of drug-likeness (QED) is 0.690. The van der Waals surface area contributed by atoms with Crippen LogP contribution >= 0.6 is 0 Å². The van der Waals surface area contributed by atoms with Crippen molar-refractivity contribution in [2.45, 2.75) is 52.2 Å². The average Bonchev–Trinajstić information content (AvgIpc) is 2.78. The number of ether oxygens (including phenoxy) is 3. The lowest BCUT2D eigenvalue weighted by Crippen LogP contribution is -2.61. The minimum atomic E-state index is -0.671. The fraction of sp³-hybridized carbons (Fsp3) is 0.462. The predicted molar refractivity (Wildman–Crippen MR) is 122 cm³/mol. The summed E-state index contributed by atoms with van der Waals surface area (Å²) in [5, 5.41) is 0. The normalized spacial score (nSPS) is 18.8. The van der Waals surface area contributed by atoms with Gasteiger partial charge in [-0.3, -0.25) is 9.59 Å². The molecule has 0 aromatic heterocycles. The molecule has 1 spiro atoms. The van der Waals surface area contributed by atoms with Crippen molar-refractivity contribution in [2.24, 2.45) is 5.41 Å². The molecule has 2 aliphatic heterocycles. The Labute approximate surface area is 189 Å². The van der Waals surface area contributed by atoms with E-state index in [1.807, 2.05) is 56.9 Å². The minimum absolute atomic E-state index is 0.00965. The fourth-order valence-corrected chi connectivity index (χ4v) is 4.76. The summed E-state index contributed by atoms with van der Waals surface area (Å²) in [5.74, 6) is 1.84. The average molecular weight is 438 g/mol. The number of benzene rings is 2. The molecule has 0 saturated carbocycles. The van der Waals surface area contributed by atoms with Gasteiger partial charge in [-0.15, -0.1) is 0 Å². The summed E-state index contributed by atoms with van der Waals surface area (Å²) in [6, 6.07) is 12.7. The molecule has 4 rings (SSSR count). The van der Waals surface area contributed by atoms with Crippen molar-refractivity contribution in [1.29, 1.82) is 0 Å². The van der Waals surface area contributed by atoms with E-state index in [9.17, 15) is 9.59 Å². The third-order valence-electron chi connectivity index (χ3n) is 6.78. The third-order valence-corrected chi connectivity index (χ3v) is 6.78. The first kappa shape index (κ1) is 22.2. The van der Waals surface area contributed by atoms with Gasteiger partial charge in [-0.2, -0.15) is 0 Å². The number of carbonyl (C=O) groups is 2. The van der Waals surface area contributed by atoms with E-state index in [4.69, 9.17) is 14.2 Å². The van der Waals surface area contributed by atoms with Crippen LogP contribution in [0.3, 0.4) is 0 Å². The Morgan fingerprint density at radius 1 is 1.06 bits per heavy atom. The Morgan fingerprint density at radius 2 is 1.75 bits per heavy atom. The minimum Gasteiger partial charge on any atom is -0.493 e. The van der Waals surface area contributed by atoms with Crippen molar-refractivity contribution in [2.75, 3.05) is 20.2 Å². The summed E-state index contributed by atoms with van der Waals surface area (Å²) in [5.41, 5.74) is -0.103. The van der Waals surface area contributed by atoms with Crippen LogP contribution in [-0.2, 0) is 0 Å². The third kappa shape index (κ3) is 3.61. The van der Waals surface area contributed by atoms with E-state index < -0.39 is 11.0 Å². The highest BCUT2D eigenvalue weighted by molar-refractivity contribution is 6.04. The molecule has 0 bridgehead atoms. The Bertz CT molecular complexity index is 1030. The molecule has 2 aliphatic rings. The smallest absolute Gasteiger partial charge is 0.253 e. The van der Waals surface area contributed by atoms with Gasteiger partial charge in [0, 0.05) is 31.5 Å². The van der Waals surface area contributed by atoms with Gasteiger partial charge in [-0.1, -0.05) is 12.1 Å². The van der Waals surface area contributed by atoms with Gasteiger partial charge in [-0.05, 0) is 58.0 Å². The molecule has 1 fully saturated rings. The molecule has 0 aliphatic carbocycles. The second kappa shape index (κ2) is 8.15. The summed E-state index contributed by atoms with van der Waals surface area (Å²) >= 11 is 0. The number of nitrogens with zero attached hydrogens (tertiary/aromatic N) is 1. The number of para-hydroxylation sites is 1. The van der Waals surface area contributed by atoms with E-state index in [1.165, 1.54) is 0 Å². The van der Waals surface area contributed by atoms with E-state index >= 15 is 0 Å². The topological polar surface area (TPSA) is 65.1 Å². The SMILES string of the molecule is COc1cc(C(=O)N2CCC3(CC2)Oc2ccccc2C(=O)C3(C)C)ccc1OC(C)C. The van der Waals surface area contributed by atoms with E-state index in [2.05, 4.69) is 0 Å². The molecule has 0 atom stereocenters. The van der Waals surface area contributed by atoms with Crippen LogP contribution in [0, 0.1) is 5.41 Å². The first-order chi connectivity index (χ1) is 15.2. The maximum atomic E-state index is 13.2. The molecule has 2 heterocycles. The largest absolute Gasteiger partial charge is 0.493 e. The highest BCUT2D eigenvalue weighted by Gasteiger charge is 2.56. The fourth-order valence-electron chi connectivity index (χ4n) is 4.76. The lowest BCUT2D eigenvalue weighted by Gasteiger charge is -2.52. The number of likely N-dealkylation sites (tertiary alicyclic amines) is 1. The van der Waals surface area contributed by atoms with Gasteiger partial charge in [0.2, 0.25) is 0 Å². The zero-order valence-corrected chi connectivity index (χ0v) is 19.4. The summed E-state index contributed by atoms with van der Waals surface area (Å²) in [7, 11) is 1.57. The van der Waals surface area contributed by atoms with E-state index in [0.717, 1.165) is 0 Å².